The maximum absolute atomic E-state index is 11.8. The van der Waals surface area contributed by atoms with Crippen molar-refractivity contribution in [2.45, 2.75) is 12.7 Å². The monoisotopic (exact) mass is 217 g/mol. The molecule has 1 aromatic rings. The van der Waals surface area contributed by atoms with Crippen molar-refractivity contribution in [1.82, 2.24) is 15.5 Å². The Morgan fingerprint density at radius 2 is 2.08 bits per heavy atom. The van der Waals surface area contributed by atoms with Crippen LogP contribution in [0, 0.1) is 0 Å². The summed E-state index contributed by atoms with van der Waals surface area (Å²) in [5.74, 6) is -1.32. The second-order valence-corrected chi connectivity index (χ2v) is 2.04. The van der Waals surface area contributed by atoms with E-state index < -0.39 is 12.0 Å². The molecule has 76 valence electrons. The van der Waals surface area contributed by atoms with Gasteiger partial charge in [0.25, 0.3) is 5.82 Å². The molecule has 0 spiro atoms. The lowest BCUT2D eigenvalue weighted by Crippen LogP contribution is -2.09. The van der Waals surface area contributed by atoms with Crippen molar-refractivity contribution in [1.29, 1.82) is 0 Å². The van der Waals surface area contributed by atoms with Crippen molar-refractivity contribution in [2.24, 2.45) is 0 Å². The molecule has 13 heavy (non-hydrogen) atoms. The van der Waals surface area contributed by atoms with Crippen LogP contribution in [-0.4, -0.2) is 17.2 Å². The van der Waals surface area contributed by atoms with E-state index in [4.69, 9.17) is 0 Å². The highest BCUT2D eigenvalue weighted by molar-refractivity contribution is 5.85. The Hall–Kier alpha value is -0.820. The van der Waals surface area contributed by atoms with E-state index in [0.717, 1.165) is 0 Å². The number of hydrogen-bond donors (Lipinski definition) is 1. The molecule has 0 radical (unpaired) electrons. The van der Waals surface area contributed by atoms with Crippen LogP contribution in [0.2, 0.25) is 0 Å². The largest absolute Gasteiger partial charge is 0.455 e. The number of nitrogens with one attached hydrogen (secondary N) is 1. The van der Waals surface area contributed by atoms with Crippen LogP contribution in [0.5, 0.6) is 0 Å². The third kappa shape index (κ3) is 3.19. The van der Waals surface area contributed by atoms with Crippen LogP contribution in [0.25, 0.3) is 0 Å². The Balaban J connectivity index is 0.00000144. The third-order valence-electron chi connectivity index (χ3n) is 1.05. The molecule has 0 saturated carbocycles. The number of nitrogens with zero attached hydrogens (tertiary/aromatic N) is 2. The summed E-state index contributed by atoms with van der Waals surface area (Å²) < 4.78 is 39.8. The number of halogens is 4. The minimum Gasteiger partial charge on any atom is -0.338 e. The summed E-state index contributed by atoms with van der Waals surface area (Å²) in [7, 11) is 1.57. The van der Waals surface area contributed by atoms with Gasteiger partial charge in [-0.05, 0) is 7.05 Å². The molecular weight excluding hydrogens is 211 g/mol. The van der Waals surface area contributed by atoms with Crippen LogP contribution in [0.15, 0.2) is 4.52 Å². The SMILES string of the molecule is CNCc1nc(C(F)(F)F)no1.Cl. The first-order valence-corrected chi connectivity index (χ1v) is 3.08. The predicted octanol–water partition coefficient (Wildman–Crippen LogP) is 1.23. The first-order valence-electron chi connectivity index (χ1n) is 3.08. The molecule has 0 saturated heterocycles. The lowest BCUT2D eigenvalue weighted by Gasteiger charge is -1.95. The molecule has 4 nitrogen and oxygen atoms in total. The van der Waals surface area contributed by atoms with Crippen molar-refractivity contribution >= 4 is 12.4 Å². The highest BCUT2D eigenvalue weighted by atomic mass is 35.5. The molecule has 1 N–H and O–H groups in total. The van der Waals surface area contributed by atoms with Crippen molar-refractivity contribution < 1.29 is 17.7 Å². The smallest absolute Gasteiger partial charge is 0.338 e. The Bertz CT molecular complexity index is 262. The summed E-state index contributed by atoms with van der Waals surface area (Å²) in [4.78, 5) is 3.11. The summed E-state index contributed by atoms with van der Waals surface area (Å²) in [6.45, 7) is 0.128. The quantitative estimate of drug-likeness (QED) is 0.810. The topological polar surface area (TPSA) is 51.0 Å². The first-order chi connectivity index (χ1) is 5.54. The minimum absolute atomic E-state index is 0. The van der Waals surface area contributed by atoms with Gasteiger partial charge in [-0.3, -0.25) is 0 Å². The van der Waals surface area contributed by atoms with Crippen LogP contribution >= 0.6 is 12.4 Å². The molecule has 0 atom stereocenters. The molecule has 1 aromatic heterocycles. The fourth-order valence-corrected chi connectivity index (χ4v) is 0.593. The Morgan fingerprint density at radius 3 is 2.46 bits per heavy atom. The van der Waals surface area contributed by atoms with Crippen LogP contribution in [0.1, 0.15) is 11.7 Å². The fraction of sp³-hybridized carbons (Fsp3) is 0.600. The fourth-order valence-electron chi connectivity index (χ4n) is 0.593. The van der Waals surface area contributed by atoms with Crippen molar-refractivity contribution in [3.63, 3.8) is 0 Å². The van der Waals surface area contributed by atoms with Gasteiger partial charge in [0, 0.05) is 0 Å². The number of rotatable bonds is 2. The van der Waals surface area contributed by atoms with Crippen molar-refractivity contribution in [3.05, 3.63) is 11.7 Å². The number of hydrogen-bond acceptors (Lipinski definition) is 4. The number of alkyl halides is 3. The number of aromatic nitrogens is 2. The standard InChI is InChI=1S/C5H6F3N3O.ClH/c1-9-2-3-10-4(11-12-3)5(6,7)8;/h9H,2H2,1H3;1H. The van der Waals surface area contributed by atoms with Crippen LogP contribution in [0.4, 0.5) is 13.2 Å². The van der Waals surface area contributed by atoms with E-state index in [1.54, 1.807) is 7.05 Å². The van der Waals surface area contributed by atoms with Gasteiger partial charge in [0.05, 0.1) is 6.54 Å². The second kappa shape index (κ2) is 4.43. The first kappa shape index (κ1) is 12.2. The second-order valence-electron chi connectivity index (χ2n) is 2.04. The predicted molar refractivity (Wildman–Crippen MR) is 39.3 cm³/mol. The van der Waals surface area contributed by atoms with E-state index in [2.05, 4.69) is 20.0 Å². The van der Waals surface area contributed by atoms with Gasteiger partial charge in [-0.25, -0.2) is 0 Å². The van der Waals surface area contributed by atoms with E-state index in [9.17, 15) is 13.2 Å². The highest BCUT2D eigenvalue weighted by Crippen LogP contribution is 2.25. The van der Waals surface area contributed by atoms with Gasteiger partial charge in [-0.15, -0.1) is 12.4 Å². The van der Waals surface area contributed by atoms with Gasteiger partial charge in [-0.2, -0.15) is 18.2 Å². The molecule has 0 aliphatic carbocycles. The van der Waals surface area contributed by atoms with Crippen LogP contribution in [-0.2, 0) is 12.7 Å². The van der Waals surface area contributed by atoms with Gasteiger partial charge < -0.3 is 9.84 Å². The molecule has 1 rings (SSSR count). The normalized spacial score (nSPS) is 11.1. The Labute approximate surface area is 77.9 Å². The zero-order valence-electron chi connectivity index (χ0n) is 6.55. The zero-order chi connectivity index (χ0) is 9.19. The summed E-state index contributed by atoms with van der Waals surface area (Å²) >= 11 is 0. The maximum Gasteiger partial charge on any atom is 0.455 e. The highest BCUT2D eigenvalue weighted by Gasteiger charge is 2.37. The van der Waals surface area contributed by atoms with E-state index in [1.165, 1.54) is 0 Å². The molecule has 0 aromatic carbocycles. The lowest BCUT2D eigenvalue weighted by molar-refractivity contribution is -0.146. The summed E-state index contributed by atoms with van der Waals surface area (Å²) in [6.07, 6.45) is -4.53. The van der Waals surface area contributed by atoms with Crippen LogP contribution in [0.3, 0.4) is 0 Å². The van der Waals surface area contributed by atoms with Gasteiger partial charge in [0.1, 0.15) is 0 Å². The molecule has 0 bridgehead atoms. The van der Waals surface area contributed by atoms with E-state index in [1.807, 2.05) is 0 Å². The third-order valence-corrected chi connectivity index (χ3v) is 1.05. The van der Waals surface area contributed by atoms with E-state index >= 15 is 0 Å². The molecule has 0 fully saturated rings. The van der Waals surface area contributed by atoms with Crippen LogP contribution < -0.4 is 5.32 Å². The average Bonchev–Trinajstić information content (AvgIpc) is 2.35. The average molecular weight is 218 g/mol. The van der Waals surface area contributed by atoms with E-state index in [0.29, 0.717) is 0 Å². The van der Waals surface area contributed by atoms with Gasteiger partial charge in [0.2, 0.25) is 5.89 Å². The summed E-state index contributed by atoms with van der Waals surface area (Å²) in [6, 6.07) is 0. The van der Waals surface area contributed by atoms with Crippen molar-refractivity contribution in [2.75, 3.05) is 7.05 Å². The van der Waals surface area contributed by atoms with Crippen molar-refractivity contribution in [3.8, 4) is 0 Å². The van der Waals surface area contributed by atoms with Gasteiger partial charge >= 0.3 is 6.18 Å². The molecule has 0 amide bonds. The molecule has 0 unspecified atom stereocenters. The molecule has 0 aliphatic rings. The molecule has 0 aliphatic heterocycles. The molecule has 8 heteroatoms. The molecule has 1 heterocycles. The van der Waals surface area contributed by atoms with E-state index in [-0.39, 0.29) is 24.8 Å². The summed E-state index contributed by atoms with van der Waals surface area (Å²) in [5, 5.41) is 5.34. The van der Waals surface area contributed by atoms with Gasteiger partial charge in [-0.1, -0.05) is 5.16 Å². The Morgan fingerprint density at radius 1 is 1.46 bits per heavy atom. The molecular formula is C5H7ClF3N3O. The summed E-state index contributed by atoms with van der Waals surface area (Å²) in [5.41, 5.74) is 0. The Kier molecular flexibility index (Phi) is 4.15. The maximum atomic E-state index is 11.8. The zero-order valence-corrected chi connectivity index (χ0v) is 7.37. The van der Waals surface area contributed by atoms with Gasteiger partial charge in [0.15, 0.2) is 0 Å². The lowest BCUT2D eigenvalue weighted by atomic mass is 10.6. The minimum atomic E-state index is -4.53.